The first-order chi connectivity index (χ1) is 16.6. The molecule has 2 aromatic carbocycles. The lowest BCUT2D eigenvalue weighted by atomic mass is 10.1. The van der Waals surface area contributed by atoms with Gasteiger partial charge in [0.15, 0.2) is 0 Å². The summed E-state index contributed by atoms with van der Waals surface area (Å²) in [7, 11) is -0.537. The van der Waals surface area contributed by atoms with Crippen LogP contribution >= 0.6 is 0 Å². The van der Waals surface area contributed by atoms with Crippen LogP contribution in [0.2, 0.25) is 0 Å². The number of hydrogen-bond acceptors (Lipinski definition) is 5. The molecular weight excluding hydrogens is 466 g/mol. The van der Waals surface area contributed by atoms with E-state index >= 15 is 0 Å². The fourth-order valence-electron chi connectivity index (χ4n) is 3.45. The van der Waals surface area contributed by atoms with E-state index in [0.717, 1.165) is 5.56 Å². The summed E-state index contributed by atoms with van der Waals surface area (Å²) in [5.74, 6) is 0.568. The molecule has 0 radical (unpaired) electrons. The van der Waals surface area contributed by atoms with E-state index < -0.39 is 16.1 Å². The maximum atomic E-state index is 13.2. The molecular formula is C26H37N3O5S. The zero-order valence-electron chi connectivity index (χ0n) is 21.2. The van der Waals surface area contributed by atoms with Crippen molar-refractivity contribution < 1.29 is 22.7 Å². The third-order valence-electron chi connectivity index (χ3n) is 5.68. The van der Waals surface area contributed by atoms with Crippen LogP contribution in [0.5, 0.6) is 5.75 Å². The van der Waals surface area contributed by atoms with Gasteiger partial charge in [0.1, 0.15) is 11.8 Å². The summed E-state index contributed by atoms with van der Waals surface area (Å²) in [5, 5.41) is 2.89. The molecule has 35 heavy (non-hydrogen) atoms. The lowest BCUT2D eigenvalue weighted by molar-refractivity contribution is -0.140. The second-order valence-corrected chi connectivity index (χ2v) is 11.0. The molecule has 192 valence electrons. The highest BCUT2D eigenvalue weighted by molar-refractivity contribution is 7.89. The molecule has 0 aliphatic rings. The molecule has 0 heterocycles. The Morgan fingerprint density at radius 3 is 2.20 bits per heavy atom. The average Bonchev–Trinajstić information content (AvgIpc) is 2.86. The van der Waals surface area contributed by atoms with Gasteiger partial charge in [-0.25, -0.2) is 12.7 Å². The van der Waals surface area contributed by atoms with Crippen LogP contribution in [0, 0.1) is 5.92 Å². The summed E-state index contributed by atoms with van der Waals surface area (Å²) in [4.78, 5) is 27.7. The Labute approximate surface area is 209 Å². The first-order valence-corrected chi connectivity index (χ1v) is 13.2. The van der Waals surface area contributed by atoms with Crippen molar-refractivity contribution in [1.29, 1.82) is 0 Å². The van der Waals surface area contributed by atoms with Crippen molar-refractivity contribution in [2.45, 2.75) is 51.1 Å². The van der Waals surface area contributed by atoms with Crippen molar-refractivity contribution in [3.8, 4) is 5.75 Å². The molecule has 0 aliphatic heterocycles. The van der Waals surface area contributed by atoms with Crippen LogP contribution in [0.25, 0.3) is 0 Å². The Kier molecular flexibility index (Phi) is 10.7. The molecule has 0 saturated carbocycles. The number of nitrogens with one attached hydrogen (secondary N) is 1. The fraction of sp³-hybridized carbons (Fsp3) is 0.462. The van der Waals surface area contributed by atoms with Crippen LogP contribution in [-0.2, 0) is 26.2 Å². The minimum atomic E-state index is -3.63. The van der Waals surface area contributed by atoms with Crippen molar-refractivity contribution >= 4 is 21.8 Å². The van der Waals surface area contributed by atoms with Gasteiger partial charge in [0.25, 0.3) is 0 Å². The van der Waals surface area contributed by atoms with Crippen LogP contribution in [-0.4, -0.2) is 62.7 Å². The zero-order chi connectivity index (χ0) is 26.0. The predicted molar refractivity (Wildman–Crippen MR) is 136 cm³/mol. The molecule has 0 saturated heterocycles. The van der Waals surface area contributed by atoms with E-state index in [1.54, 1.807) is 49.3 Å². The Bertz CT molecular complexity index is 1060. The van der Waals surface area contributed by atoms with Crippen LogP contribution in [0.15, 0.2) is 59.5 Å². The van der Waals surface area contributed by atoms with Gasteiger partial charge in [0.2, 0.25) is 21.8 Å². The topological polar surface area (TPSA) is 96.0 Å². The summed E-state index contributed by atoms with van der Waals surface area (Å²) in [6.45, 7) is 6.69. The fourth-order valence-corrected chi connectivity index (χ4v) is 4.68. The molecule has 2 aromatic rings. The van der Waals surface area contributed by atoms with Gasteiger partial charge < -0.3 is 15.0 Å². The number of carbonyl (C=O) groups excluding carboxylic acids is 2. The minimum absolute atomic E-state index is 0.118. The third-order valence-corrected chi connectivity index (χ3v) is 7.55. The van der Waals surface area contributed by atoms with Gasteiger partial charge in [-0.2, -0.15) is 0 Å². The van der Waals surface area contributed by atoms with Gasteiger partial charge in [-0.1, -0.05) is 44.2 Å². The lowest BCUT2D eigenvalue weighted by Gasteiger charge is -2.29. The summed E-state index contributed by atoms with van der Waals surface area (Å²) in [6.07, 6.45) is 0.452. The van der Waals surface area contributed by atoms with E-state index in [0.29, 0.717) is 24.6 Å². The lowest BCUT2D eigenvalue weighted by Crippen LogP contribution is -2.48. The van der Waals surface area contributed by atoms with Gasteiger partial charge in [-0.05, 0) is 49.1 Å². The van der Waals surface area contributed by atoms with E-state index in [-0.39, 0.29) is 36.2 Å². The van der Waals surface area contributed by atoms with E-state index in [1.807, 2.05) is 38.1 Å². The third kappa shape index (κ3) is 8.36. The van der Waals surface area contributed by atoms with Crippen molar-refractivity contribution in [2.75, 3.05) is 27.2 Å². The molecule has 0 fully saturated rings. The van der Waals surface area contributed by atoms with Crippen molar-refractivity contribution in [2.24, 2.45) is 5.92 Å². The first-order valence-electron chi connectivity index (χ1n) is 11.8. The molecule has 2 rings (SSSR count). The normalized spacial score (nSPS) is 12.4. The summed E-state index contributed by atoms with van der Waals surface area (Å²) in [6, 6.07) is 14.9. The Morgan fingerprint density at radius 2 is 1.63 bits per heavy atom. The Hall–Kier alpha value is -2.91. The maximum absolute atomic E-state index is 13.2. The molecule has 1 atom stereocenters. The highest BCUT2D eigenvalue weighted by Crippen LogP contribution is 2.17. The Balaban J connectivity index is 2.08. The molecule has 9 heteroatoms. The average molecular weight is 504 g/mol. The molecule has 8 nitrogen and oxygen atoms in total. The summed E-state index contributed by atoms with van der Waals surface area (Å²) < 4.78 is 31.9. The van der Waals surface area contributed by atoms with E-state index in [4.69, 9.17) is 4.74 Å². The number of benzene rings is 2. The number of sulfonamides is 1. The number of amides is 2. The van der Waals surface area contributed by atoms with Crippen LogP contribution < -0.4 is 10.1 Å². The molecule has 1 N–H and O–H groups in total. The van der Waals surface area contributed by atoms with Crippen LogP contribution in [0.3, 0.4) is 0 Å². The number of rotatable bonds is 13. The zero-order valence-corrected chi connectivity index (χ0v) is 22.0. The highest BCUT2D eigenvalue weighted by atomic mass is 32.2. The molecule has 0 spiro atoms. The van der Waals surface area contributed by atoms with Crippen molar-refractivity contribution in [1.82, 2.24) is 14.5 Å². The second kappa shape index (κ2) is 13.3. The highest BCUT2D eigenvalue weighted by Gasteiger charge is 2.27. The predicted octanol–water partition coefficient (Wildman–Crippen LogP) is 3.29. The second-order valence-electron chi connectivity index (χ2n) is 8.93. The van der Waals surface area contributed by atoms with E-state index in [2.05, 4.69) is 5.32 Å². The number of carbonyl (C=O) groups is 2. The van der Waals surface area contributed by atoms with Crippen LogP contribution in [0.1, 0.15) is 39.2 Å². The molecule has 0 aliphatic carbocycles. The van der Waals surface area contributed by atoms with Gasteiger partial charge in [0, 0.05) is 33.1 Å². The number of hydrogen-bond donors (Lipinski definition) is 1. The maximum Gasteiger partial charge on any atom is 0.242 e. The summed E-state index contributed by atoms with van der Waals surface area (Å²) >= 11 is 0. The van der Waals surface area contributed by atoms with Crippen molar-refractivity contribution in [3.63, 3.8) is 0 Å². The van der Waals surface area contributed by atoms with E-state index in [1.165, 1.54) is 11.4 Å². The number of ether oxygens (including phenoxy) is 1. The minimum Gasteiger partial charge on any atom is -0.497 e. The summed E-state index contributed by atoms with van der Waals surface area (Å²) in [5.41, 5.74) is 0.867. The van der Waals surface area contributed by atoms with Gasteiger partial charge >= 0.3 is 0 Å². The molecule has 0 aromatic heterocycles. The monoisotopic (exact) mass is 503 g/mol. The molecule has 0 unspecified atom stereocenters. The van der Waals surface area contributed by atoms with Gasteiger partial charge in [0.05, 0.1) is 12.0 Å². The van der Waals surface area contributed by atoms with Gasteiger partial charge in [-0.15, -0.1) is 0 Å². The number of methoxy groups -OCH3 is 1. The van der Waals surface area contributed by atoms with E-state index in [9.17, 15) is 18.0 Å². The smallest absolute Gasteiger partial charge is 0.242 e. The molecule has 2 amide bonds. The standard InChI is InChI=1S/C26H37N3O5S/c1-20(2)18-27-26(31)21(3)29(19-22-13-15-23(34-5)16-14-22)25(30)12-9-17-28(4)35(32,33)24-10-7-6-8-11-24/h6-8,10-11,13-16,20-21H,9,12,17-19H2,1-5H3,(H,27,31)/t21-/m0/s1. The largest absolute Gasteiger partial charge is 0.497 e. The van der Waals surface area contributed by atoms with Crippen LogP contribution in [0.4, 0.5) is 0 Å². The van der Waals surface area contributed by atoms with Crippen molar-refractivity contribution in [3.05, 3.63) is 60.2 Å². The quantitative estimate of drug-likeness (QED) is 0.453. The molecule has 0 bridgehead atoms. The first kappa shape index (κ1) is 28.3. The SMILES string of the molecule is COc1ccc(CN(C(=O)CCCN(C)S(=O)(=O)c2ccccc2)[C@@H](C)C(=O)NCC(C)C)cc1. The Morgan fingerprint density at radius 1 is 1.00 bits per heavy atom. The number of nitrogens with zero attached hydrogens (tertiary/aromatic N) is 2. The van der Waals surface area contributed by atoms with Gasteiger partial charge in [-0.3, -0.25) is 9.59 Å².